The second-order valence-electron chi connectivity index (χ2n) is 1.74. The summed E-state index contributed by atoms with van der Waals surface area (Å²) in [5.74, 6) is 0. The van der Waals surface area contributed by atoms with E-state index in [1.807, 2.05) is 24.3 Å². The molecule has 1 rings (SSSR count). The molecule has 0 saturated carbocycles. The maximum atomic E-state index is 9.99. The van der Waals surface area contributed by atoms with E-state index in [-0.39, 0.29) is 12.4 Å². The smallest absolute Gasteiger partial charge is 0.211 e. The predicted octanol–water partition coefficient (Wildman–Crippen LogP) is 2.44. The molecule has 0 radical (unpaired) electrons. The summed E-state index contributed by atoms with van der Waals surface area (Å²) in [6.07, 6.45) is 0.653. The summed E-state index contributed by atoms with van der Waals surface area (Å²) in [5, 5.41) is 2.55. The Hall–Kier alpha value is -0.540. The monoisotopic (exact) mass is 235 g/mol. The number of amides is 1. The average Bonchev–Trinajstić information content (AvgIpc) is 1.94. The normalized spacial score (nSPS) is 8.09. The van der Waals surface area contributed by atoms with Gasteiger partial charge in [-0.15, -0.1) is 12.4 Å². The number of hydrogen-bond acceptors (Lipinski definition) is 1. The molecule has 0 aliphatic heterocycles. The number of para-hydroxylation sites is 1. The van der Waals surface area contributed by atoms with Crippen LogP contribution in [0.4, 0.5) is 5.69 Å². The molecule has 0 spiro atoms. The van der Waals surface area contributed by atoms with E-state index in [0.29, 0.717) is 6.41 Å². The van der Waals surface area contributed by atoms with Crippen molar-refractivity contribution >= 4 is 40.4 Å². The molecule has 0 unspecified atom stereocenters. The number of benzene rings is 1. The van der Waals surface area contributed by atoms with E-state index in [9.17, 15) is 4.79 Å². The predicted molar refractivity (Wildman–Crippen MR) is 51.1 cm³/mol. The first-order valence-electron chi connectivity index (χ1n) is 2.79. The average molecular weight is 236 g/mol. The Bertz CT molecular complexity index is 242. The van der Waals surface area contributed by atoms with Crippen LogP contribution >= 0.6 is 28.3 Å². The van der Waals surface area contributed by atoms with Crippen LogP contribution in [-0.2, 0) is 4.79 Å². The molecule has 4 heteroatoms. The lowest BCUT2D eigenvalue weighted by molar-refractivity contribution is -0.105. The van der Waals surface area contributed by atoms with E-state index in [1.54, 1.807) is 0 Å². The van der Waals surface area contributed by atoms with Crippen molar-refractivity contribution in [2.45, 2.75) is 0 Å². The second kappa shape index (κ2) is 5.16. The van der Waals surface area contributed by atoms with Gasteiger partial charge in [0.1, 0.15) is 0 Å². The summed E-state index contributed by atoms with van der Waals surface area (Å²) in [7, 11) is 0. The third-order valence-electron chi connectivity index (χ3n) is 1.09. The Balaban J connectivity index is 0.000001000. The van der Waals surface area contributed by atoms with Crippen LogP contribution in [0.2, 0.25) is 0 Å². The van der Waals surface area contributed by atoms with Gasteiger partial charge in [-0.1, -0.05) is 12.1 Å². The molecule has 1 aromatic rings. The number of nitrogens with one attached hydrogen (secondary N) is 1. The molecule has 1 aromatic carbocycles. The van der Waals surface area contributed by atoms with E-state index >= 15 is 0 Å². The van der Waals surface area contributed by atoms with Crippen molar-refractivity contribution in [1.82, 2.24) is 0 Å². The maximum absolute atomic E-state index is 9.99. The van der Waals surface area contributed by atoms with Crippen LogP contribution in [-0.4, -0.2) is 6.41 Å². The topological polar surface area (TPSA) is 29.1 Å². The Morgan fingerprint density at radius 2 is 2.00 bits per heavy atom. The van der Waals surface area contributed by atoms with Gasteiger partial charge in [-0.25, -0.2) is 0 Å². The zero-order chi connectivity index (χ0) is 7.40. The van der Waals surface area contributed by atoms with Gasteiger partial charge in [-0.3, -0.25) is 4.79 Å². The molecule has 0 atom stereocenters. The molecule has 1 amide bonds. The Morgan fingerprint density at radius 1 is 1.36 bits per heavy atom. The molecule has 2 nitrogen and oxygen atoms in total. The molecular weight excluding hydrogens is 229 g/mol. The summed E-state index contributed by atoms with van der Waals surface area (Å²) in [6.45, 7) is 0. The van der Waals surface area contributed by atoms with E-state index in [0.717, 1.165) is 10.2 Å². The van der Waals surface area contributed by atoms with Gasteiger partial charge in [0.15, 0.2) is 0 Å². The van der Waals surface area contributed by atoms with Crippen molar-refractivity contribution in [2.75, 3.05) is 5.32 Å². The molecule has 1 N–H and O–H groups in total. The number of halogens is 2. The standard InChI is InChI=1S/C7H6BrNO.ClH/c8-6-3-1-2-4-7(6)9-5-10;/h1-5H,(H,9,10);1H. The van der Waals surface area contributed by atoms with Gasteiger partial charge in [-0.2, -0.15) is 0 Å². The van der Waals surface area contributed by atoms with Crippen molar-refractivity contribution in [2.24, 2.45) is 0 Å². The van der Waals surface area contributed by atoms with Crippen LogP contribution in [0.3, 0.4) is 0 Å². The van der Waals surface area contributed by atoms with Crippen molar-refractivity contribution in [3.05, 3.63) is 28.7 Å². The minimum Gasteiger partial charge on any atom is -0.328 e. The number of carbonyl (C=O) groups excluding carboxylic acids is 1. The SMILES string of the molecule is Cl.O=CNc1ccccc1Br. The van der Waals surface area contributed by atoms with Crippen LogP contribution in [0, 0.1) is 0 Å². The quantitative estimate of drug-likeness (QED) is 0.785. The van der Waals surface area contributed by atoms with Gasteiger partial charge in [-0.05, 0) is 28.1 Å². The van der Waals surface area contributed by atoms with Crippen molar-refractivity contribution in [3.63, 3.8) is 0 Å². The Labute approximate surface area is 79.5 Å². The highest BCUT2D eigenvalue weighted by Crippen LogP contribution is 2.19. The third kappa shape index (κ3) is 2.91. The fourth-order valence-electron chi connectivity index (χ4n) is 0.642. The van der Waals surface area contributed by atoms with Gasteiger partial charge in [0, 0.05) is 4.47 Å². The first-order valence-corrected chi connectivity index (χ1v) is 3.58. The van der Waals surface area contributed by atoms with Gasteiger partial charge in [0.05, 0.1) is 5.69 Å². The molecule has 0 bridgehead atoms. The zero-order valence-electron chi connectivity index (χ0n) is 5.58. The summed E-state index contributed by atoms with van der Waals surface area (Å²) >= 11 is 3.28. The lowest BCUT2D eigenvalue weighted by Gasteiger charge is -1.98. The summed E-state index contributed by atoms with van der Waals surface area (Å²) in [4.78, 5) is 9.99. The van der Waals surface area contributed by atoms with E-state index in [2.05, 4.69) is 21.2 Å². The molecule has 11 heavy (non-hydrogen) atoms. The third-order valence-corrected chi connectivity index (χ3v) is 1.78. The largest absolute Gasteiger partial charge is 0.328 e. The van der Waals surface area contributed by atoms with E-state index < -0.39 is 0 Å². The summed E-state index contributed by atoms with van der Waals surface area (Å²) in [5.41, 5.74) is 0.789. The van der Waals surface area contributed by atoms with Crippen LogP contribution in [0.25, 0.3) is 0 Å². The highest BCUT2D eigenvalue weighted by atomic mass is 79.9. The maximum Gasteiger partial charge on any atom is 0.211 e. The number of carbonyl (C=O) groups is 1. The fourth-order valence-corrected chi connectivity index (χ4v) is 1.04. The molecule has 60 valence electrons. The molecule has 0 aliphatic rings. The summed E-state index contributed by atoms with van der Waals surface area (Å²) < 4.78 is 0.891. The molecular formula is C7H7BrClNO. The van der Waals surface area contributed by atoms with Gasteiger partial charge in [0.2, 0.25) is 6.41 Å². The van der Waals surface area contributed by atoms with E-state index in [4.69, 9.17) is 0 Å². The number of rotatable bonds is 2. The molecule has 0 aromatic heterocycles. The van der Waals surface area contributed by atoms with Crippen molar-refractivity contribution in [1.29, 1.82) is 0 Å². The molecule has 0 saturated heterocycles. The van der Waals surface area contributed by atoms with Crippen LogP contribution in [0.5, 0.6) is 0 Å². The van der Waals surface area contributed by atoms with Crippen LogP contribution in [0.1, 0.15) is 0 Å². The number of anilines is 1. The minimum absolute atomic E-state index is 0. The van der Waals surface area contributed by atoms with Crippen LogP contribution in [0.15, 0.2) is 28.7 Å². The lowest BCUT2D eigenvalue weighted by atomic mass is 10.3. The first kappa shape index (κ1) is 10.5. The second-order valence-corrected chi connectivity index (χ2v) is 2.60. The highest BCUT2D eigenvalue weighted by molar-refractivity contribution is 9.10. The van der Waals surface area contributed by atoms with Crippen molar-refractivity contribution in [3.8, 4) is 0 Å². The van der Waals surface area contributed by atoms with E-state index in [1.165, 1.54) is 0 Å². The number of hydrogen-bond donors (Lipinski definition) is 1. The lowest BCUT2D eigenvalue weighted by Crippen LogP contribution is -1.93. The Morgan fingerprint density at radius 3 is 2.55 bits per heavy atom. The van der Waals surface area contributed by atoms with Gasteiger partial charge < -0.3 is 5.32 Å². The minimum atomic E-state index is 0. The molecule has 0 aliphatic carbocycles. The fraction of sp³-hybridized carbons (Fsp3) is 0. The van der Waals surface area contributed by atoms with Gasteiger partial charge in [0.25, 0.3) is 0 Å². The molecule has 0 heterocycles. The highest BCUT2D eigenvalue weighted by Gasteiger charge is 1.92. The first-order chi connectivity index (χ1) is 4.84. The van der Waals surface area contributed by atoms with Crippen LogP contribution < -0.4 is 5.32 Å². The van der Waals surface area contributed by atoms with Crippen molar-refractivity contribution < 1.29 is 4.79 Å². The zero-order valence-corrected chi connectivity index (χ0v) is 7.98. The van der Waals surface area contributed by atoms with Gasteiger partial charge >= 0.3 is 0 Å². The molecule has 0 fully saturated rings. The Kier molecular flexibility index (Phi) is 4.90. The summed E-state index contributed by atoms with van der Waals surface area (Å²) in [6, 6.07) is 7.43.